The van der Waals surface area contributed by atoms with Crippen LogP contribution in [0.1, 0.15) is 45.6 Å². The van der Waals surface area contributed by atoms with E-state index in [2.05, 4.69) is 10.1 Å². The molecule has 0 aliphatic carbocycles. The van der Waals surface area contributed by atoms with Crippen LogP contribution < -0.4 is 14.4 Å². The van der Waals surface area contributed by atoms with Crippen LogP contribution in [0.2, 0.25) is 0 Å². The van der Waals surface area contributed by atoms with Gasteiger partial charge in [-0.1, -0.05) is 48.0 Å². The lowest BCUT2D eigenvalue weighted by Gasteiger charge is -2.39. The van der Waals surface area contributed by atoms with Crippen molar-refractivity contribution in [2.24, 2.45) is 0 Å². The molecule has 0 N–H and O–H groups in total. The van der Waals surface area contributed by atoms with Crippen molar-refractivity contribution in [2.75, 3.05) is 19.1 Å². The summed E-state index contributed by atoms with van der Waals surface area (Å²) in [4.78, 5) is 20.2. The fraction of sp³-hybridized carbons (Fsp3) is 0.222. The molecular weight excluding hydrogens is 428 g/mol. The zero-order valence-corrected chi connectivity index (χ0v) is 19.4. The Kier molecular flexibility index (Phi) is 5.76. The highest BCUT2D eigenvalue weighted by Gasteiger charge is 2.40. The molecule has 1 aliphatic rings. The van der Waals surface area contributed by atoms with Crippen LogP contribution in [0.5, 0.6) is 11.5 Å². The molecule has 0 saturated heterocycles. The van der Waals surface area contributed by atoms with E-state index in [1.165, 1.54) is 6.33 Å². The molecule has 4 aromatic rings. The summed E-state index contributed by atoms with van der Waals surface area (Å²) in [5.41, 5.74) is 3.63. The lowest BCUT2D eigenvalue weighted by atomic mass is 9.91. The zero-order valence-electron chi connectivity index (χ0n) is 19.4. The van der Waals surface area contributed by atoms with Crippen molar-refractivity contribution in [1.29, 1.82) is 0 Å². The first-order valence-corrected chi connectivity index (χ1v) is 11.2. The first-order valence-electron chi connectivity index (χ1n) is 11.2. The van der Waals surface area contributed by atoms with Gasteiger partial charge in [0.2, 0.25) is 5.95 Å². The number of fused-ring (bicyclic) bond motifs is 1. The predicted octanol–water partition coefficient (Wildman–Crippen LogP) is 4.98. The van der Waals surface area contributed by atoms with Crippen LogP contribution in [0.25, 0.3) is 0 Å². The van der Waals surface area contributed by atoms with E-state index in [0.717, 1.165) is 28.2 Å². The van der Waals surface area contributed by atoms with Gasteiger partial charge in [-0.15, -0.1) is 0 Å². The highest BCUT2D eigenvalue weighted by molar-refractivity contribution is 6.06. The van der Waals surface area contributed by atoms with E-state index in [1.54, 1.807) is 19.1 Å². The highest BCUT2D eigenvalue weighted by Crippen LogP contribution is 2.44. The Balaban J connectivity index is 1.66. The number of aromatic nitrogens is 3. The molecule has 5 rings (SSSR count). The third kappa shape index (κ3) is 3.79. The molecule has 172 valence electrons. The number of carbonyl (C=O) groups excluding carboxylic acids is 1. The van der Waals surface area contributed by atoms with Gasteiger partial charge in [-0.2, -0.15) is 10.1 Å². The van der Waals surface area contributed by atoms with Crippen LogP contribution in [-0.2, 0) is 0 Å². The van der Waals surface area contributed by atoms with Crippen molar-refractivity contribution in [3.8, 4) is 11.5 Å². The minimum atomic E-state index is -0.259. The second-order valence-corrected chi connectivity index (χ2v) is 8.33. The number of para-hydroxylation sites is 1. The Hall–Kier alpha value is -4.13. The van der Waals surface area contributed by atoms with Crippen LogP contribution in [0.15, 0.2) is 79.1 Å². The second kappa shape index (κ2) is 9.02. The van der Waals surface area contributed by atoms with Crippen molar-refractivity contribution in [3.63, 3.8) is 0 Å². The van der Waals surface area contributed by atoms with Crippen LogP contribution in [0.3, 0.4) is 0 Å². The Morgan fingerprint density at radius 2 is 1.74 bits per heavy atom. The Bertz CT molecular complexity index is 1320. The fourth-order valence-electron chi connectivity index (χ4n) is 4.65. The fourth-order valence-corrected chi connectivity index (χ4v) is 4.65. The molecule has 0 radical (unpaired) electrons. The Labute approximate surface area is 198 Å². The van der Waals surface area contributed by atoms with Gasteiger partial charge in [0.1, 0.15) is 17.8 Å². The molecule has 1 aromatic heterocycles. The number of hydrogen-bond acceptors (Lipinski definition) is 5. The first-order chi connectivity index (χ1) is 16.6. The number of anilines is 1. The number of amides is 1. The van der Waals surface area contributed by atoms with Crippen molar-refractivity contribution in [3.05, 3.63) is 101 Å². The average molecular weight is 455 g/mol. The summed E-state index contributed by atoms with van der Waals surface area (Å²) >= 11 is 0. The number of methoxy groups -OCH3 is 2. The molecule has 3 aromatic carbocycles. The molecule has 0 fully saturated rings. The van der Waals surface area contributed by atoms with Crippen molar-refractivity contribution < 1.29 is 14.3 Å². The standard InChI is InChI=1S/C27H26N4O3/c1-18-7-6-8-20(15-18)26(32)30-23(19-11-13-21(33-2)14-12-19)16-24(31-27(30)28-17-29-31)22-9-4-5-10-25(22)34-3/h4-15,17,23-24H,16H2,1-3H3. The minimum absolute atomic E-state index is 0.114. The third-order valence-electron chi connectivity index (χ3n) is 6.31. The topological polar surface area (TPSA) is 69.5 Å². The van der Waals surface area contributed by atoms with E-state index in [0.29, 0.717) is 17.9 Å². The van der Waals surface area contributed by atoms with Gasteiger partial charge in [-0.3, -0.25) is 9.69 Å². The largest absolute Gasteiger partial charge is 0.497 e. The van der Waals surface area contributed by atoms with Crippen LogP contribution >= 0.6 is 0 Å². The smallest absolute Gasteiger partial charge is 0.261 e. The highest BCUT2D eigenvalue weighted by atomic mass is 16.5. The molecule has 2 atom stereocenters. The van der Waals surface area contributed by atoms with Gasteiger partial charge in [0, 0.05) is 11.1 Å². The summed E-state index contributed by atoms with van der Waals surface area (Å²) in [6, 6.07) is 23.0. The monoisotopic (exact) mass is 454 g/mol. The maximum atomic E-state index is 13.9. The van der Waals surface area contributed by atoms with Gasteiger partial charge in [0.25, 0.3) is 5.91 Å². The number of ether oxygens (including phenoxy) is 2. The molecule has 0 spiro atoms. The lowest BCUT2D eigenvalue weighted by Crippen LogP contribution is -2.42. The van der Waals surface area contributed by atoms with Gasteiger partial charge in [0.05, 0.1) is 26.3 Å². The van der Waals surface area contributed by atoms with Crippen LogP contribution in [-0.4, -0.2) is 34.9 Å². The molecule has 2 heterocycles. The van der Waals surface area contributed by atoms with Crippen molar-refractivity contribution >= 4 is 11.9 Å². The molecule has 0 bridgehead atoms. The molecule has 2 unspecified atom stereocenters. The number of rotatable bonds is 5. The quantitative estimate of drug-likeness (QED) is 0.425. The van der Waals surface area contributed by atoms with Crippen molar-refractivity contribution in [2.45, 2.75) is 25.4 Å². The number of hydrogen-bond donors (Lipinski definition) is 0. The minimum Gasteiger partial charge on any atom is -0.497 e. The molecule has 0 saturated carbocycles. The third-order valence-corrected chi connectivity index (χ3v) is 6.31. The van der Waals surface area contributed by atoms with Crippen molar-refractivity contribution in [1.82, 2.24) is 14.8 Å². The maximum Gasteiger partial charge on any atom is 0.261 e. The summed E-state index contributed by atoms with van der Waals surface area (Å²) in [5.74, 6) is 1.94. The van der Waals surface area contributed by atoms with E-state index in [4.69, 9.17) is 9.47 Å². The Morgan fingerprint density at radius 3 is 2.47 bits per heavy atom. The molecule has 1 aliphatic heterocycles. The summed E-state index contributed by atoms with van der Waals surface area (Å²) in [5, 5.41) is 4.53. The lowest BCUT2D eigenvalue weighted by molar-refractivity contribution is 0.0963. The van der Waals surface area contributed by atoms with Gasteiger partial charge >= 0.3 is 0 Å². The average Bonchev–Trinajstić information content (AvgIpc) is 3.37. The number of aryl methyl sites for hydroxylation is 1. The van der Waals surface area contributed by atoms with Gasteiger partial charge in [0.15, 0.2) is 0 Å². The van der Waals surface area contributed by atoms with E-state index in [1.807, 2.05) is 84.4 Å². The molecule has 7 heteroatoms. The van der Waals surface area contributed by atoms with Gasteiger partial charge in [-0.05, 0) is 49.2 Å². The zero-order chi connectivity index (χ0) is 23.7. The van der Waals surface area contributed by atoms with E-state index >= 15 is 0 Å². The normalized spacial score (nSPS) is 17.2. The molecule has 1 amide bonds. The Morgan fingerprint density at radius 1 is 0.941 bits per heavy atom. The summed E-state index contributed by atoms with van der Waals surface area (Å²) in [6.45, 7) is 1.98. The van der Waals surface area contributed by atoms with Crippen LogP contribution in [0, 0.1) is 6.92 Å². The van der Waals surface area contributed by atoms with Gasteiger partial charge in [-0.25, -0.2) is 4.68 Å². The molecular formula is C27H26N4O3. The summed E-state index contributed by atoms with van der Waals surface area (Å²) in [6.07, 6.45) is 2.12. The second-order valence-electron chi connectivity index (χ2n) is 8.33. The number of benzene rings is 3. The van der Waals surface area contributed by atoms with Crippen LogP contribution in [0.4, 0.5) is 5.95 Å². The summed E-state index contributed by atoms with van der Waals surface area (Å²) < 4.78 is 12.8. The molecule has 7 nitrogen and oxygen atoms in total. The first kappa shape index (κ1) is 21.7. The van der Waals surface area contributed by atoms with Gasteiger partial charge < -0.3 is 9.47 Å². The maximum absolute atomic E-state index is 13.9. The summed E-state index contributed by atoms with van der Waals surface area (Å²) in [7, 11) is 3.31. The number of carbonyl (C=O) groups is 1. The predicted molar refractivity (Wildman–Crippen MR) is 129 cm³/mol. The van der Waals surface area contributed by atoms with E-state index < -0.39 is 0 Å². The number of nitrogens with zero attached hydrogens (tertiary/aromatic N) is 4. The molecule has 34 heavy (non-hydrogen) atoms. The SMILES string of the molecule is COc1ccc(C2CC(c3ccccc3OC)n3ncnc3N2C(=O)c2cccc(C)c2)cc1. The van der Waals surface area contributed by atoms with E-state index in [9.17, 15) is 4.79 Å². The van der Waals surface area contributed by atoms with E-state index in [-0.39, 0.29) is 18.0 Å².